The molecule has 1 aromatic heterocycles. The van der Waals surface area contributed by atoms with Crippen molar-refractivity contribution >= 4 is 34.9 Å². The van der Waals surface area contributed by atoms with E-state index in [-0.39, 0.29) is 41.9 Å². The number of hydrogen-bond acceptors (Lipinski definition) is 8. The molecule has 0 aliphatic rings. The number of para-hydroxylation sites is 2. The predicted molar refractivity (Wildman–Crippen MR) is 105 cm³/mol. The molecule has 0 radical (unpaired) electrons. The Bertz CT molecular complexity index is 1040. The molecule has 0 aliphatic heterocycles. The zero-order valence-corrected chi connectivity index (χ0v) is 16.1. The Hall–Kier alpha value is -3.59. The van der Waals surface area contributed by atoms with E-state index in [0.29, 0.717) is 16.5 Å². The number of carbonyl (C=O) groups is 2. The highest BCUT2D eigenvalue weighted by atomic mass is 35.5. The molecule has 0 bridgehead atoms. The fourth-order valence-corrected chi connectivity index (χ4v) is 2.51. The van der Waals surface area contributed by atoms with Crippen LogP contribution < -0.4 is 15.8 Å². The van der Waals surface area contributed by atoms with E-state index in [1.54, 1.807) is 24.3 Å². The maximum Gasteiger partial charge on any atom is 0.338 e. The summed E-state index contributed by atoms with van der Waals surface area (Å²) in [5.41, 5.74) is 6.69. The van der Waals surface area contributed by atoms with Gasteiger partial charge in [-0.2, -0.15) is 4.98 Å². The number of esters is 1. The maximum absolute atomic E-state index is 12.2. The van der Waals surface area contributed by atoms with Crippen molar-refractivity contribution in [3.05, 3.63) is 64.8 Å². The first-order valence-corrected chi connectivity index (χ1v) is 8.80. The molecule has 0 atom stereocenters. The Kier molecular flexibility index (Phi) is 6.30. The summed E-state index contributed by atoms with van der Waals surface area (Å²) in [6.45, 7) is -0.248. The average Bonchev–Trinajstić information content (AvgIpc) is 3.15. The number of amides is 1. The molecule has 0 fully saturated rings. The van der Waals surface area contributed by atoms with Gasteiger partial charge < -0.3 is 25.0 Å². The molecule has 0 unspecified atom stereocenters. The number of nitrogen functional groups attached to an aromatic ring is 1. The lowest BCUT2D eigenvalue weighted by atomic mass is 10.2. The molecule has 3 aromatic rings. The van der Waals surface area contributed by atoms with Gasteiger partial charge in [-0.1, -0.05) is 28.9 Å². The van der Waals surface area contributed by atoms with E-state index in [0.717, 1.165) is 0 Å². The third-order valence-electron chi connectivity index (χ3n) is 3.77. The normalized spacial score (nSPS) is 10.4. The number of nitrogens with two attached hydrogens (primary N) is 1. The number of aromatic nitrogens is 2. The van der Waals surface area contributed by atoms with Crippen LogP contribution in [0.25, 0.3) is 0 Å². The molecule has 10 heteroatoms. The van der Waals surface area contributed by atoms with Crippen LogP contribution >= 0.6 is 11.6 Å². The third kappa shape index (κ3) is 5.23. The largest absolute Gasteiger partial charge is 0.495 e. The van der Waals surface area contributed by atoms with Crippen molar-refractivity contribution < 1.29 is 23.6 Å². The minimum atomic E-state index is -0.623. The van der Waals surface area contributed by atoms with Crippen LogP contribution in [0.1, 0.15) is 22.1 Å². The third-order valence-corrected chi connectivity index (χ3v) is 4.11. The molecule has 3 rings (SSSR count). The first-order chi connectivity index (χ1) is 14.0. The second-order valence-corrected chi connectivity index (χ2v) is 6.25. The van der Waals surface area contributed by atoms with Gasteiger partial charge in [0, 0.05) is 0 Å². The second-order valence-electron chi connectivity index (χ2n) is 5.84. The number of anilines is 2. The van der Waals surface area contributed by atoms with Crippen LogP contribution in [0.2, 0.25) is 5.02 Å². The number of nitrogens with zero attached hydrogens (tertiary/aromatic N) is 2. The van der Waals surface area contributed by atoms with Crippen molar-refractivity contribution in [3.63, 3.8) is 0 Å². The molecule has 1 amide bonds. The Morgan fingerprint density at radius 3 is 2.79 bits per heavy atom. The van der Waals surface area contributed by atoms with Gasteiger partial charge >= 0.3 is 5.97 Å². The fraction of sp³-hybridized carbons (Fsp3) is 0.158. The standard InChI is InChI=1S/C19H17ClN4O5/c1-27-15-5-3-2-4-14(15)22-17(25)9-16-23-18(29-24-16)10-28-19(26)11-6-7-12(20)13(21)8-11/h2-8H,9-10,21H2,1H3,(H,22,25). The Morgan fingerprint density at radius 1 is 1.24 bits per heavy atom. The van der Waals surface area contributed by atoms with Crippen LogP contribution in [-0.2, 0) is 22.6 Å². The number of halogens is 1. The number of carbonyl (C=O) groups excluding carboxylic acids is 2. The summed E-state index contributed by atoms with van der Waals surface area (Å²) < 4.78 is 15.3. The molecule has 0 saturated heterocycles. The molecule has 0 saturated carbocycles. The lowest BCUT2D eigenvalue weighted by Crippen LogP contribution is -2.15. The Labute approximate surface area is 170 Å². The van der Waals surface area contributed by atoms with Crippen LogP contribution in [-0.4, -0.2) is 29.1 Å². The number of methoxy groups -OCH3 is 1. The summed E-state index contributed by atoms with van der Waals surface area (Å²) >= 11 is 5.82. The molecule has 150 valence electrons. The Morgan fingerprint density at radius 2 is 2.03 bits per heavy atom. The van der Waals surface area contributed by atoms with E-state index in [9.17, 15) is 9.59 Å². The number of ether oxygens (including phenoxy) is 2. The van der Waals surface area contributed by atoms with Crippen LogP contribution in [0.5, 0.6) is 5.75 Å². The molecular formula is C19H17ClN4O5. The molecule has 0 spiro atoms. The van der Waals surface area contributed by atoms with Gasteiger partial charge in [-0.05, 0) is 30.3 Å². The minimum Gasteiger partial charge on any atom is -0.495 e. The summed E-state index contributed by atoms with van der Waals surface area (Å²) in [4.78, 5) is 28.3. The van der Waals surface area contributed by atoms with Gasteiger partial charge in [-0.15, -0.1) is 0 Å². The minimum absolute atomic E-state index is 0.0559. The van der Waals surface area contributed by atoms with Crippen LogP contribution in [0, 0.1) is 0 Å². The quantitative estimate of drug-likeness (QED) is 0.444. The second kappa shape index (κ2) is 9.07. The van der Waals surface area contributed by atoms with Crippen LogP contribution in [0.15, 0.2) is 47.0 Å². The van der Waals surface area contributed by atoms with Crippen molar-refractivity contribution in [2.45, 2.75) is 13.0 Å². The van der Waals surface area contributed by atoms with Gasteiger partial charge in [0.1, 0.15) is 5.75 Å². The number of hydrogen-bond donors (Lipinski definition) is 2. The summed E-state index contributed by atoms with van der Waals surface area (Å²) in [5, 5.41) is 6.76. The zero-order chi connectivity index (χ0) is 20.8. The molecule has 3 N–H and O–H groups in total. The highest BCUT2D eigenvalue weighted by Crippen LogP contribution is 2.23. The maximum atomic E-state index is 12.2. The van der Waals surface area contributed by atoms with E-state index in [1.165, 1.54) is 25.3 Å². The first-order valence-electron chi connectivity index (χ1n) is 8.42. The summed E-state index contributed by atoms with van der Waals surface area (Å²) in [6, 6.07) is 11.4. The highest BCUT2D eigenvalue weighted by molar-refractivity contribution is 6.33. The highest BCUT2D eigenvalue weighted by Gasteiger charge is 2.15. The van der Waals surface area contributed by atoms with E-state index in [4.69, 9.17) is 31.3 Å². The van der Waals surface area contributed by atoms with Gasteiger partial charge in [0.05, 0.1) is 35.5 Å². The molecule has 29 heavy (non-hydrogen) atoms. The van der Waals surface area contributed by atoms with E-state index < -0.39 is 5.97 Å². The summed E-state index contributed by atoms with van der Waals surface area (Å²) in [5.74, 6) is -0.235. The average molecular weight is 417 g/mol. The van der Waals surface area contributed by atoms with Crippen molar-refractivity contribution in [1.29, 1.82) is 0 Å². The van der Waals surface area contributed by atoms with Gasteiger partial charge in [-0.3, -0.25) is 4.79 Å². The lowest BCUT2D eigenvalue weighted by molar-refractivity contribution is -0.115. The first kappa shape index (κ1) is 20.2. The smallest absolute Gasteiger partial charge is 0.338 e. The lowest BCUT2D eigenvalue weighted by Gasteiger charge is -2.08. The molecule has 2 aromatic carbocycles. The molecule has 1 heterocycles. The number of benzene rings is 2. The van der Waals surface area contributed by atoms with Gasteiger partial charge in [0.2, 0.25) is 5.91 Å². The monoisotopic (exact) mass is 416 g/mol. The predicted octanol–water partition coefficient (Wildman–Crippen LogP) is 2.85. The van der Waals surface area contributed by atoms with Crippen LogP contribution in [0.3, 0.4) is 0 Å². The van der Waals surface area contributed by atoms with E-state index >= 15 is 0 Å². The van der Waals surface area contributed by atoms with Crippen molar-refractivity contribution in [3.8, 4) is 5.75 Å². The molecular weight excluding hydrogens is 400 g/mol. The zero-order valence-electron chi connectivity index (χ0n) is 15.3. The van der Waals surface area contributed by atoms with Gasteiger partial charge in [0.15, 0.2) is 12.4 Å². The van der Waals surface area contributed by atoms with Gasteiger partial charge in [-0.25, -0.2) is 4.79 Å². The number of rotatable bonds is 7. The summed E-state index contributed by atoms with van der Waals surface area (Å²) in [6.07, 6.45) is -0.122. The van der Waals surface area contributed by atoms with Gasteiger partial charge in [0.25, 0.3) is 5.89 Å². The summed E-state index contributed by atoms with van der Waals surface area (Å²) in [7, 11) is 1.51. The van der Waals surface area contributed by atoms with E-state index in [1.807, 2.05) is 0 Å². The topological polar surface area (TPSA) is 130 Å². The number of nitrogens with one attached hydrogen (secondary N) is 1. The molecule has 9 nitrogen and oxygen atoms in total. The fourth-order valence-electron chi connectivity index (χ4n) is 2.39. The van der Waals surface area contributed by atoms with Crippen LogP contribution in [0.4, 0.5) is 11.4 Å². The van der Waals surface area contributed by atoms with Crippen molar-refractivity contribution in [2.24, 2.45) is 0 Å². The SMILES string of the molecule is COc1ccccc1NC(=O)Cc1noc(COC(=O)c2ccc(Cl)c(N)c2)n1. The van der Waals surface area contributed by atoms with E-state index in [2.05, 4.69) is 15.5 Å². The molecule has 0 aliphatic carbocycles. The Balaban J connectivity index is 1.54. The van der Waals surface area contributed by atoms with Crippen molar-refractivity contribution in [1.82, 2.24) is 10.1 Å². The van der Waals surface area contributed by atoms with Crippen molar-refractivity contribution in [2.75, 3.05) is 18.2 Å².